The van der Waals surface area contributed by atoms with Crippen molar-refractivity contribution in [3.63, 3.8) is 0 Å². The lowest BCUT2D eigenvalue weighted by Gasteiger charge is -2.26. The lowest BCUT2D eigenvalue weighted by Crippen LogP contribution is -2.38. The number of nitrogens with one attached hydrogen (secondary N) is 1. The van der Waals surface area contributed by atoms with Gasteiger partial charge in [-0.15, -0.1) is 0 Å². The number of rotatable bonds is 5. The van der Waals surface area contributed by atoms with Gasteiger partial charge in [0, 0.05) is 25.7 Å². The number of carbonyl (C=O) groups is 1. The Bertz CT molecular complexity index is 1150. The molecule has 3 heterocycles. The number of aromatic nitrogens is 2. The molecule has 0 bridgehead atoms. The van der Waals surface area contributed by atoms with Gasteiger partial charge in [-0.05, 0) is 41.8 Å². The highest BCUT2D eigenvalue weighted by Crippen LogP contribution is 2.28. The average Bonchev–Trinajstić information content (AvgIpc) is 3.15. The Balaban J connectivity index is 1.40. The summed E-state index contributed by atoms with van der Waals surface area (Å²) in [7, 11) is 0. The molecule has 0 fully saturated rings. The number of nitrogens with zero attached hydrogens (tertiary/aromatic N) is 3. The number of anilines is 1. The number of hydrogen-bond acceptors (Lipinski definition) is 6. The SMILES string of the molecule is O=C(Nc1nc2ccc(F)cc2s1)N1CC=C(c2ncc(C[C@H](O)CO)cc2F)CC1. The number of benzene rings is 1. The maximum atomic E-state index is 14.5. The van der Waals surface area contributed by atoms with Crippen LogP contribution in [0.4, 0.5) is 18.7 Å². The van der Waals surface area contributed by atoms with E-state index < -0.39 is 18.5 Å². The molecule has 0 spiro atoms. The van der Waals surface area contributed by atoms with Gasteiger partial charge >= 0.3 is 6.03 Å². The van der Waals surface area contributed by atoms with Crippen molar-refractivity contribution < 1.29 is 23.8 Å². The number of amides is 2. The van der Waals surface area contributed by atoms with Crippen molar-refractivity contribution in [3.05, 3.63) is 59.4 Å². The van der Waals surface area contributed by atoms with E-state index in [1.807, 2.05) is 0 Å². The van der Waals surface area contributed by atoms with Gasteiger partial charge in [-0.3, -0.25) is 10.3 Å². The van der Waals surface area contributed by atoms with Crippen LogP contribution in [0.2, 0.25) is 0 Å². The minimum Gasteiger partial charge on any atom is -0.394 e. The molecule has 1 atom stereocenters. The normalized spacial score (nSPS) is 15.1. The second kappa shape index (κ2) is 9.04. The summed E-state index contributed by atoms with van der Waals surface area (Å²) in [6.07, 6.45) is 2.83. The monoisotopic (exact) mass is 446 g/mol. The second-order valence-electron chi connectivity index (χ2n) is 7.20. The van der Waals surface area contributed by atoms with E-state index in [0.717, 1.165) is 0 Å². The molecule has 0 radical (unpaired) electrons. The van der Waals surface area contributed by atoms with Gasteiger partial charge in [0.1, 0.15) is 17.3 Å². The Labute approximate surface area is 180 Å². The van der Waals surface area contributed by atoms with Crippen LogP contribution in [-0.4, -0.2) is 56.9 Å². The molecule has 0 unspecified atom stereocenters. The van der Waals surface area contributed by atoms with Crippen molar-refractivity contribution in [1.29, 1.82) is 0 Å². The Kier molecular flexibility index (Phi) is 6.21. The number of pyridine rings is 1. The average molecular weight is 446 g/mol. The van der Waals surface area contributed by atoms with Gasteiger partial charge in [-0.25, -0.2) is 18.6 Å². The van der Waals surface area contributed by atoms with Crippen LogP contribution < -0.4 is 5.32 Å². The van der Waals surface area contributed by atoms with Gasteiger partial charge in [0.25, 0.3) is 0 Å². The zero-order valence-electron chi connectivity index (χ0n) is 16.4. The van der Waals surface area contributed by atoms with Gasteiger partial charge in [-0.2, -0.15) is 0 Å². The first kappa shape index (κ1) is 21.3. The highest BCUT2D eigenvalue weighted by atomic mass is 32.1. The van der Waals surface area contributed by atoms with Gasteiger partial charge in [0.15, 0.2) is 5.13 Å². The standard InChI is InChI=1S/C21H20F2N4O3S/c22-14-1-2-17-18(9-14)31-20(25-17)26-21(30)27-5-3-13(4-6-27)19-16(23)8-12(10-24-19)7-15(29)11-28/h1-3,8-10,15,28-29H,4-7,11H2,(H,25,26,30)/t15-/m0/s1. The Morgan fingerprint density at radius 1 is 1.32 bits per heavy atom. The Morgan fingerprint density at radius 2 is 2.16 bits per heavy atom. The molecule has 0 saturated heterocycles. The first-order valence-corrected chi connectivity index (χ1v) is 10.5. The number of aliphatic hydroxyl groups excluding tert-OH is 2. The maximum absolute atomic E-state index is 14.5. The van der Waals surface area contributed by atoms with E-state index in [9.17, 15) is 18.7 Å². The summed E-state index contributed by atoms with van der Waals surface area (Å²) in [5.41, 5.74) is 2.02. The largest absolute Gasteiger partial charge is 0.394 e. The summed E-state index contributed by atoms with van der Waals surface area (Å²) in [4.78, 5) is 22.6. The Morgan fingerprint density at radius 3 is 2.87 bits per heavy atom. The van der Waals surface area contributed by atoms with Crippen molar-refractivity contribution >= 4 is 38.3 Å². The fourth-order valence-electron chi connectivity index (χ4n) is 3.35. The van der Waals surface area contributed by atoms with E-state index in [0.29, 0.717) is 39.5 Å². The van der Waals surface area contributed by atoms with Crippen LogP contribution in [0.25, 0.3) is 15.8 Å². The number of carbonyl (C=O) groups excluding carboxylic acids is 1. The molecule has 4 rings (SSSR count). The zero-order valence-corrected chi connectivity index (χ0v) is 17.2. The molecule has 0 aliphatic carbocycles. The van der Waals surface area contributed by atoms with E-state index >= 15 is 0 Å². The molecule has 1 aliphatic heterocycles. The van der Waals surface area contributed by atoms with Crippen molar-refractivity contribution in [2.24, 2.45) is 0 Å². The molecule has 7 nitrogen and oxygen atoms in total. The van der Waals surface area contributed by atoms with Crippen LogP contribution in [0.1, 0.15) is 17.7 Å². The van der Waals surface area contributed by atoms with E-state index in [1.54, 1.807) is 17.0 Å². The number of fused-ring (bicyclic) bond motifs is 1. The lowest BCUT2D eigenvalue weighted by atomic mass is 10.0. The van der Waals surface area contributed by atoms with Crippen LogP contribution in [0.3, 0.4) is 0 Å². The molecule has 2 aromatic heterocycles. The Hall–Kier alpha value is -2.95. The van der Waals surface area contributed by atoms with E-state index in [-0.39, 0.29) is 30.5 Å². The molecule has 10 heteroatoms. The number of hydrogen-bond donors (Lipinski definition) is 3. The number of thiazole rings is 1. The summed E-state index contributed by atoms with van der Waals surface area (Å²) < 4.78 is 28.5. The first-order valence-electron chi connectivity index (χ1n) is 9.67. The van der Waals surface area contributed by atoms with Gasteiger partial charge < -0.3 is 15.1 Å². The molecule has 0 saturated carbocycles. The minimum atomic E-state index is -0.956. The quantitative estimate of drug-likeness (QED) is 0.559. The predicted octanol–water partition coefficient (Wildman–Crippen LogP) is 3.19. The molecule has 1 aliphatic rings. The molecule has 31 heavy (non-hydrogen) atoms. The second-order valence-corrected chi connectivity index (χ2v) is 8.23. The molecule has 2 amide bonds. The molecular formula is C21H20F2N4O3S. The fraction of sp³-hybridized carbons (Fsp3) is 0.286. The van der Waals surface area contributed by atoms with Crippen molar-refractivity contribution in [2.75, 3.05) is 25.0 Å². The van der Waals surface area contributed by atoms with Crippen LogP contribution in [-0.2, 0) is 6.42 Å². The topological polar surface area (TPSA) is 98.6 Å². The smallest absolute Gasteiger partial charge is 0.323 e. The lowest BCUT2D eigenvalue weighted by molar-refractivity contribution is 0.0954. The molecule has 1 aromatic carbocycles. The fourth-order valence-corrected chi connectivity index (χ4v) is 4.23. The molecule has 3 aromatic rings. The minimum absolute atomic E-state index is 0.117. The van der Waals surface area contributed by atoms with Crippen molar-refractivity contribution in [2.45, 2.75) is 18.9 Å². The van der Waals surface area contributed by atoms with E-state index in [4.69, 9.17) is 5.11 Å². The van der Waals surface area contributed by atoms with Crippen LogP contribution in [0, 0.1) is 11.6 Å². The highest BCUT2D eigenvalue weighted by molar-refractivity contribution is 7.22. The van der Waals surface area contributed by atoms with Crippen LogP contribution >= 0.6 is 11.3 Å². The number of halogens is 2. The van der Waals surface area contributed by atoms with Gasteiger partial charge in [-0.1, -0.05) is 17.4 Å². The predicted molar refractivity (Wildman–Crippen MR) is 114 cm³/mol. The van der Waals surface area contributed by atoms with Crippen molar-refractivity contribution in [3.8, 4) is 0 Å². The summed E-state index contributed by atoms with van der Waals surface area (Å²) in [6.45, 7) is 0.260. The summed E-state index contributed by atoms with van der Waals surface area (Å²) in [6, 6.07) is 5.22. The number of aliphatic hydroxyl groups is 2. The maximum Gasteiger partial charge on any atom is 0.323 e. The summed E-state index contributed by atoms with van der Waals surface area (Å²) in [5, 5.41) is 21.5. The first-order chi connectivity index (χ1) is 14.9. The third kappa shape index (κ3) is 4.87. The van der Waals surface area contributed by atoms with Crippen molar-refractivity contribution in [1.82, 2.24) is 14.9 Å². The van der Waals surface area contributed by atoms with Crippen LogP contribution in [0.15, 0.2) is 36.5 Å². The summed E-state index contributed by atoms with van der Waals surface area (Å²) in [5.74, 6) is -0.866. The third-order valence-electron chi connectivity index (χ3n) is 4.94. The van der Waals surface area contributed by atoms with Crippen LogP contribution in [0.5, 0.6) is 0 Å². The zero-order chi connectivity index (χ0) is 22.0. The van der Waals surface area contributed by atoms with E-state index in [1.165, 1.54) is 35.7 Å². The van der Waals surface area contributed by atoms with Gasteiger partial charge in [0.05, 0.1) is 22.9 Å². The molecule has 3 N–H and O–H groups in total. The highest BCUT2D eigenvalue weighted by Gasteiger charge is 2.21. The van der Waals surface area contributed by atoms with E-state index in [2.05, 4.69) is 15.3 Å². The summed E-state index contributed by atoms with van der Waals surface area (Å²) >= 11 is 1.19. The molecular weight excluding hydrogens is 426 g/mol. The third-order valence-corrected chi connectivity index (χ3v) is 5.88. The number of urea groups is 1. The molecule has 162 valence electrons. The van der Waals surface area contributed by atoms with Gasteiger partial charge in [0.2, 0.25) is 0 Å².